The third-order valence-corrected chi connectivity index (χ3v) is 4.72. The van der Waals surface area contributed by atoms with E-state index in [1.165, 1.54) is 12.8 Å². The fourth-order valence-corrected chi connectivity index (χ4v) is 3.84. The summed E-state index contributed by atoms with van der Waals surface area (Å²) in [5.74, 6) is 0.114. The molecule has 116 valence electrons. The zero-order chi connectivity index (χ0) is 15.1. The summed E-state index contributed by atoms with van der Waals surface area (Å²) in [4.78, 5) is 17.3. The summed E-state index contributed by atoms with van der Waals surface area (Å²) in [5.41, 5.74) is 5.46. The number of rotatable bonds is 1. The van der Waals surface area contributed by atoms with Gasteiger partial charge < -0.3 is 10.6 Å². The first-order valence-electron chi connectivity index (χ1n) is 7.99. The van der Waals surface area contributed by atoms with E-state index >= 15 is 0 Å². The van der Waals surface area contributed by atoms with Crippen LogP contribution < -0.4 is 5.73 Å². The Kier molecular flexibility index (Phi) is 4.18. The van der Waals surface area contributed by atoms with Crippen molar-refractivity contribution in [2.24, 2.45) is 5.73 Å². The van der Waals surface area contributed by atoms with Crippen LogP contribution in [0.5, 0.6) is 0 Å². The third-order valence-electron chi connectivity index (χ3n) is 4.72. The molecule has 4 nitrogen and oxygen atoms in total. The molecule has 2 saturated heterocycles. The molecule has 20 heavy (non-hydrogen) atoms. The van der Waals surface area contributed by atoms with E-state index in [0.29, 0.717) is 12.1 Å². The number of nitrogens with zero attached hydrogens (tertiary/aromatic N) is 2. The minimum atomic E-state index is -0.758. The molecular weight excluding hydrogens is 250 g/mol. The van der Waals surface area contributed by atoms with Crippen LogP contribution in [-0.4, -0.2) is 52.0 Å². The van der Waals surface area contributed by atoms with Gasteiger partial charge in [0.05, 0.1) is 5.54 Å². The van der Waals surface area contributed by atoms with Crippen LogP contribution in [0.2, 0.25) is 0 Å². The summed E-state index contributed by atoms with van der Waals surface area (Å²) in [6.45, 7) is 12.5. The average molecular weight is 281 g/mol. The van der Waals surface area contributed by atoms with Gasteiger partial charge in [0.2, 0.25) is 5.91 Å². The van der Waals surface area contributed by atoms with Crippen molar-refractivity contribution in [1.82, 2.24) is 9.80 Å². The van der Waals surface area contributed by atoms with Gasteiger partial charge in [0, 0.05) is 24.2 Å². The zero-order valence-corrected chi connectivity index (χ0v) is 13.8. The summed E-state index contributed by atoms with van der Waals surface area (Å²) in [7, 11) is 0. The second-order valence-corrected chi connectivity index (χ2v) is 8.00. The molecular formula is C16H31N3O. The van der Waals surface area contributed by atoms with E-state index in [1.807, 2.05) is 13.8 Å². The summed E-state index contributed by atoms with van der Waals surface area (Å²) in [5, 5.41) is 0. The summed E-state index contributed by atoms with van der Waals surface area (Å²) < 4.78 is 0. The van der Waals surface area contributed by atoms with Crippen molar-refractivity contribution in [2.75, 3.05) is 13.1 Å². The van der Waals surface area contributed by atoms with E-state index in [-0.39, 0.29) is 11.4 Å². The van der Waals surface area contributed by atoms with E-state index in [1.54, 1.807) is 0 Å². The molecule has 2 unspecified atom stereocenters. The van der Waals surface area contributed by atoms with Crippen molar-refractivity contribution in [3.05, 3.63) is 0 Å². The Hall–Kier alpha value is -0.610. The van der Waals surface area contributed by atoms with Crippen LogP contribution >= 0.6 is 0 Å². The molecule has 0 spiro atoms. The van der Waals surface area contributed by atoms with Crippen molar-refractivity contribution < 1.29 is 4.79 Å². The number of carbonyl (C=O) groups is 1. The molecule has 1 amide bonds. The van der Waals surface area contributed by atoms with Crippen LogP contribution in [0.1, 0.15) is 60.3 Å². The van der Waals surface area contributed by atoms with Crippen LogP contribution in [0, 0.1) is 0 Å². The number of fused-ring (bicyclic) bond motifs is 1. The minimum Gasteiger partial charge on any atom is -0.337 e. The van der Waals surface area contributed by atoms with Gasteiger partial charge in [-0.15, -0.1) is 0 Å². The van der Waals surface area contributed by atoms with E-state index in [2.05, 4.69) is 30.6 Å². The van der Waals surface area contributed by atoms with E-state index < -0.39 is 5.54 Å². The lowest BCUT2D eigenvalue weighted by atomic mass is 9.83. The van der Waals surface area contributed by atoms with Gasteiger partial charge in [-0.25, -0.2) is 0 Å². The molecule has 0 aromatic carbocycles. The van der Waals surface area contributed by atoms with Gasteiger partial charge in [0.25, 0.3) is 0 Å². The van der Waals surface area contributed by atoms with E-state index in [4.69, 9.17) is 5.73 Å². The Labute approximate surface area is 123 Å². The molecule has 0 saturated carbocycles. The molecule has 2 fully saturated rings. The number of hydrogen-bond donors (Lipinski definition) is 1. The Morgan fingerprint density at radius 2 is 1.55 bits per heavy atom. The van der Waals surface area contributed by atoms with Crippen molar-refractivity contribution >= 4 is 5.91 Å². The molecule has 4 heteroatoms. The second kappa shape index (κ2) is 5.30. The highest BCUT2D eigenvalue weighted by atomic mass is 16.2. The number of amides is 1. The highest BCUT2D eigenvalue weighted by Gasteiger charge is 2.44. The topological polar surface area (TPSA) is 49.6 Å². The maximum Gasteiger partial charge on any atom is 0.242 e. The summed E-state index contributed by atoms with van der Waals surface area (Å²) in [6.07, 6.45) is 4.60. The van der Waals surface area contributed by atoms with E-state index in [0.717, 1.165) is 25.9 Å². The quantitative estimate of drug-likeness (QED) is 0.799. The van der Waals surface area contributed by atoms with Gasteiger partial charge in [-0.05, 0) is 66.8 Å². The predicted octanol–water partition coefficient (Wildman–Crippen LogP) is 1.98. The Morgan fingerprint density at radius 1 is 1.00 bits per heavy atom. The molecule has 2 heterocycles. The molecule has 2 rings (SSSR count). The van der Waals surface area contributed by atoms with Crippen LogP contribution in [0.4, 0.5) is 0 Å². The van der Waals surface area contributed by atoms with Gasteiger partial charge in [0.15, 0.2) is 0 Å². The first kappa shape index (κ1) is 15.8. The van der Waals surface area contributed by atoms with Gasteiger partial charge in [-0.3, -0.25) is 9.69 Å². The number of likely N-dealkylation sites (tertiary alicyclic amines) is 2. The zero-order valence-electron chi connectivity index (χ0n) is 13.8. The Balaban J connectivity index is 2.21. The molecule has 2 atom stereocenters. The van der Waals surface area contributed by atoms with Crippen molar-refractivity contribution in [1.29, 1.82) is 0 Å². The van der Waals surface area contributed by atoms with Crippen LogP contribution in [-0.2, 0) is 4.79 Å². The molecule has 2 aliphatic heterocycles. The van der Waals surface area contributed by atoms with E-state index in [9.17, 15) is 4.79 Å². The number of hydrogen-bond acceptors (Lipinski definition) is 3. The average Bonchev–Trinajstić information content (AvgIpc) is 2.34. The number of nitrogens with two attached hydrogens (primary N) is 1. The lowest BCUT2D eigenvalue weighted by Gasteiger charge is -2.54. The van der Waals surface area contributed by atoms with Crippen LogP contribution in [0.25, 0.3) is 0 Å². The van der Waals surface area contributed by atoms with Crippen molar-refractivity contribution in [3.8, 4) is 0 Å². The highest BCUT2D eigenvalue weighted by Crippen LogP contribution is 2.34. The normalized spacial score (nSPS) is 29.2. The molecule has 2 N–H and O–H groups in total. The SMILES string of the molecule is CC(C)(N)C(=O)N1CCCC2C1CCCN2C(C)(C)C. The largest absolute Gasteiger partial charge is 0.337 e. The molecule has 0 radical (unpaired) electrons. The van der Waals surface area contributed by atoms with Gasteiger partial charge >= 0.3 is 0 Å². The predicted molar refractivity (Wildman–Crippen MR) is 82.5 cm³/mol. The summed E-state index contributed by atoms with van der Waals surface area (Å²) >= 11 is 0. The first-order chi connectivity index (χ1) is 9.12. The molecule has 0 bridgehead atoms. The third kappa shape index (κ3) is 3.01. The maximum absolute atomic E-state index is 12.6. The Morgan fingerprint density at radius 3 is 2.10 bits per heavy atom. The van der Waals surface area contributed by atoms with Crippen LogP contribution in [0.15, 0.2) is 0 Å². The Bertz CT molecular complexity index is 367. The minimum absolute atomic E-state index is 0.114. The lowest BCUT2D eigenvalue weighted by molar-refractivity contribution is -0.145. The van der Waals surface area contributed by atoms with Gasteiger partial charge in [0.1, 0.15) is 0 Å². The highest BCUT2D eigenvalue weighted by molar-refractivity contribution is 5.85. The van der Waals surface area contributed by atoms with Crippen LogP contribution in [0.3, 0.4) is 0 Å². The maximum atomic E-state index is 12.6. The monoisotopic (exact) mass is 281 g/mol. The fraction of sp³-hybridized carbons (Fsp3) is 0.938. The van der Waals surface area contributed by atoms with Gasteiger partial charge in [-0.1, -0.05) is 0 Å². The first-order valence-corrected chi connectivity index (χ1v) is 7.99. The molecule has 2 aliphatic rings. The standard InChI is InChI=1S/C16H31N3O/c1-15(2,3)19-11-7-8-12-13(19)9-6-10-18(12)14(20)16(4,5)17/h12-13H,6-11,17H2,1-5H3. The molecule has 0 aromatic rings. The second-order valence-electron chi connectivity index (χ2n) is 8.00. The van der Waals surface area contributed by atoms with Crippen molar-refractivity contribution in [3.63, 3.8) is 0 Å². The molecule has 0 aliphatic carbocycles. The number of carbonyl (C=O) groups excluding carboxylic acids is 1. The lowest BCUT2D eigenvalue weighted by Crippen LogP contribution is -2.66. The van der Waals surface area contributed by atoms with Crippen molar-refractivity contribution in [2.45, 2.75) is 83.5 Å². The van der Waals surface area contributed by atoms with Gasteiger partial charge in [-0.2, -0.15) is 0 Å². The summed E-state index contributed by atoms with van der Waals surface area (Å²) in [6, 6.07) is 0.857. The fourth-order valence-electron chi connectivity index (χ4n) is 3.84. The number of piperidine rings is 2. The molecule has 0 aromatic heterocycles. The smallest absolute Gasteiger partial charge is 0.242 e.